The number of halogens is 1. The number of rotatable bonds is 5. The number of unbranched alkanes of at least 4 members (excludes halogenated alkanes) is 1. The van der Waals surface area contributed by atoms with Crippen molar-refractivity contribution in [3.05, 3.63) is 28.2 Å². The third-order valence-electron chi connectivity index (χ3n) is 2.65. The van der Waals surface area contributed by atoms with Crippen molar-refractivity contribution < 1.29 is 4.79 Å². The first kappa shape index (κ1) is 14.2. The zero-order valence-corrected chi connectivity index (χ0v) is 11.9. The van der Waals surface area contributed by atoms with Gasteiger partial charge in [0.2, 0.25) is 5.91 Å². The van der Waals surface area contributed by atoms with Gasteiger partial charge in [-0.15, -0.1) is 0 Å². The third kappa shape index (κ3) is 4.48. The van der Waals surface area contributed by atoms with Crippen molar-refractivity contribution >= 4 is 27.5 Å². The van der Waals surface area contributed by atoms with Crippen LogP contribution in [0.2, 0.25) is 0 Å². The normalized spacial score (nSPS) is 12.2. The first-order valence-corrected chi connectivity index (χ1v) is 6.66. The molecule has 1 aromatic carbocycles. The highest BCUT2D eigenvalue weighted by molar-refractivity contribution is 9.10. The molecule has 1 unspecified atom stereocenters. The Bertz CT molecular complexity index is 393. The molecule has 0 saturated carbocycles. The van der Waals surface area contributed by atoms with E-state index in [1.807, 2.05) is 25.1 Å². The van der Waals surface area contributed by atoms with Crippen LogP contribution in [0.25, 0.3) is 0 Å². The Balaban J connectivity index is 2.61. The zero-order chi connectivity index (χ0) is 12.8. The van der Waals surface area contributed by atoms with Crippen LogP contribution in [0.3, 0.4) is 0 Å². The summed E-state index contributed by atoms with van der Waals surface area (Å²) in [5.41, 5.74) is 7.66. The van der Waals surface area contributed by atoms with Gasteiger partial charge in [0.05, 0.1) is 6.04 Å². The summed E-state index contributed by atoms with van der Waals surface area (Å²) < 4.78 is 1.00. The number of hydrogen-bond donors (Lipinski definition) is 2. The summed E-state index contributed by atoms with van der Waals surface area (Å²) in [6.07, 6.45) is 2.77. The van der Waals surface area contributed by atoms with Crippen LogP contribution in [-0.4, -0.2) is 11.9 Å². The van der Waals surface area contributed by atoms with Gasteiger partial charge < -0.3 is 11.1 Å². The number of nitrogens with two attached hydrogens (primary N) is 1. The highest BCUT2D eigenvalue weighted by Crippen LogP contribution is 2.20. The number of carbonyl (C=O) groups excluding carboxylic acids is 1. The van der Waals surface area contributed by atoms with Gasteiger partial charge in [-0.25, -0.2) is 0 Å². The molecule has 17 heavy (non-hydrogen) atoms. The van der Waals surface area contributed by atoms with E-state index in [0.29, 0.717) is 0 Å². The highest BCUT2D eigenvalue weighted by Gasteiger charge is 2.13. The molecule has 0 fully saturated rings. The number of aryl methyl sites for hydroxylation is 1. The van der Waals surface area contributed by atoms with Gasteiger partial charge in [0.1, 0.15) is 0 Å². The fourth-order valence-corrected chi connectivity index (χ4v) is 2.02. The first-order chi connectivity index (χ1) is 8.04. The summed E-state index contributed by atoms with van der Waals surface area (Å²) in [7, 11) is 0. The van der Waals surface area contributed by atoms with Crippen molar-refractivity contribution in [3.63, 3.8) is 0 Å². The molecule has 1 aromatic rings. The molecule has 0 spiro atoms. The van der Waals surface area contributed by atoms with Crippen LogP contribution in [0.4, 0.5) is 5.69 Å². The molecule has 0 aromatic heterocycles. The monoisotopic (exact) mass is 298 g/mol. The number of carbonyl (C=O) groups is 1. The van der Waals surface area contributed by atoms with Crippen LogP contribution < -0.4 is 11.1 Å². The van der Waals surface area contributed by atoms with Gasteiger partial charge in [0, 0.05) is 10.2 Å². The van der Waals surface area contributed by atoms with Gasteiger partial charge in [0.15, 0.2) is 0 Å². The fourth-order valence-electron chi connectivity index (χ4n) is 1.55. The molecule has 0 heterocycles. The molecule has 0 radical (unpaired) electrons. The molecule has 0 aliphatic heterocycles. The van der Waals surface area contributed by atoms with Gasteiger partial charge >= 0.3 is 0 Å². The van der Waals surface area contributed by atoms with Gasteiger partial charge in [-0.05, 0) is 37.1 Å². The smallest absolute Gasteiger partial charge is 0.241 e. The standard InChI is InChI=1S/C13H19BrN2O/c1-3-4-5-11(15)13(17)16-12-7-6-10(14)8-9(12)2/h6-8,11H,3-5,15H2,1-2H3,(H,16,17). The Labute approximate surface area is 111 Å². The molecule has 3 nitrogen and oxygen atoms in total. The van der Waals surface area contributed by atoms with Crippen molar-refractivity contribution in [2.45, 2.75) is 39.2 Å². The lowest BCUT2D eigenvalue weighted by atomic mass is 10.1. The predicted molar refractivity (Wildman–Crippen MR) is 75.0 cm³/mol. The maximum Gasteiger partial charge on any atom is 0.241 e. The number of amides is 1. The van der Waals surface area contributed by atoms with E-state index in [-0.39, 0.29) is 5.91 Å². The molecule has 94 valence electrons. The van der Waals surface area contributed by atoms with Crippen LogP contribution in [0, 0.1) is 6.92 Å². The van der Waals surface area contributed by atoms with E-state index in [2.05, 4.69) is 28.2 Å². The summed E-state index contributed by atoms with van der Waals surface area (Å²) in [6.45, 7) is 4.04. The van der Waals surface area contributed by atoms with Gasteiger partial charge in [-0.3, -0.25) is 4.79 Å². The minimum Gasteiger partial charge on any atom is -0.324 e. The summed E-state index contributed by atoms with van der Waals surface area (Å²) in [5.74, 6) is -0.108. The van der Waals surface area contributed by atoms with Crippen LogP contribution in [0.5, 0.6) is 0 Å². The average Bonchev–Trinajstić information content (AvgIpc) is 2.29. The van der Waals surface area contributed by atoms with Crippen molar-refractivity contribution in [1.82, 2.24) is 0 Å². The molecule has 1 atom stereocenters. The summed E-state index contributed by atoms with van der Waals surface area (Å²) in [6, 6.07) is 5.33. The lowest BCUT2D eigenvalue weighted by Crippen LogP contribution is -2.35. The Kier molecular flexibility index (Phi) is 5.65. The van der Waals surface area contributed by atoms with E-state index >= 15 is 0 Å². The van der Waals surface area contributed by atoms with Crippen molar-refractivity contribution in [1.29, 1.82) is 0 Å². The molecule has 4 heteroatoms. The van der Waals surface area contributed by atoms with Gasteiger partial charge in [0.25, 0.3) is 0 Å². The Morgan fingerprint density at radius 3 is 2.82 bits per heavy atom. The minimum absolute atomic E-state index is 0.108. The van der Waals surface area contributed by atoms with Crippen LogP contribution in [0.1, 0.15) is 31.7 Å². The van der Waals surface area contributed by atoms with E-state index in [4.69, 9.17) is 5.73 Å². The second kappa shape index (κ2) is 6.77. The second-order valence-electron chi connectivity index (χ2n) is 4.20. The Hall–Kier alpha value is -0.870. The number of anilines is 1. The molecular formula is C13H19BrN2O. The quantitative estimate of drug-likeness (QED) is 0.877. The van der Waals surface area contributed by atoms with E-state index in [9.17, 15) is 4.79 Å². The summed E-state index contributed by atoms with van der Waals surface area (Å²) >= 11 is 3.39. The van der Waals surface area contributed by atoms with Crippen LogP contribution in [-0.2, 0) is 4.79 Å². The number of benzene rings is 1. The van der Waals surface area contributed by atoms with E-state index in [1.165, 1.54) is 0 Å². The summed E-state index contributed by atoms with van der Waals surface area (Å²) in [4.78, 5) is 11.8. The SMILES string of the molecule is CCCCC(N)C(=O)Nc1ccc(Br)cc1C. The molecular weight excluding hydrogens is 280 g/mol. The molecule has 0 aliphatic carbocycles. The van der Waals surface area contributed by atoms with Gasteiger partial charge in [-0.2, -0.15) is 0 Å². The number of nitrogens with one attached hydrogen (secondary N) is 1. The maximum absolute atomic E-state index is 11.8. The summed E-state index contributed by atoms with van der Waals surface area (Å²) in [5, 5.41) is 2.86. The van der Waals surface area contributed by atoms with Crippen LogP contribution >= 0.6 is 15.9 Å². The van der Waals surface area contributed by atoms with E-state index in [0.717, 1.165) is 35.0 Å². The largest absolute Gasteiger partial charge is 0.324 e. The number of hydrogen-bond acceptors (Lipinski definition) is 2. The minimum atomic E-state index is -0.419. The predicted octanol–water partition coefficient (Wildman–Crippen LogP) is 3.21. The fraction of sp³-hybridized carbons (Fsp3) is 0.462. The zero-order valence-electron chi connectivity index (χ0n) is 10.3. The molecule has 1 amide bonds. The Morgan fingerprint density at radius 1 is 1.53 bits per heavy atom. The lowest BCUT2D eigenvalue weighted by molar-refractivity contribution is -0.117. The molecule has 1 rings (SSSR count). The van der Waals surface area contributed by atoms with E-state index < -0.39 is 6.04 Å². The molecule has 0 aliphatic rings. The Morgan fingerprint density at radius 2 is 2.24 bits per heavy atom. The van der Waals surface area contributed by atoms with Gasteiger partial charge in [-0.1, -0.05) is 35.7 Å². The van der Waals surface area contributed by atoms with E-state index in [1.54, 1.807) is 0 Å². The average molecular weight is 299 g/mol. The maximum atomic E-state index is 11.8. The molecule has 0 bridgehead atoms. The van der Waals surface area contributed by atoms with Crippen molar-refractivity contribution in [2.24, 2.45) is 5.73 Å². The molecule has 3 N–H and O–H groups in total. The first-order valence-electron chi connectivity index (χ1n) is 5.87. The molecule has 0 saturated heterocycles. The van der Waals surface area contributed by atoms with Crippen molar-refractivity contribution in [2.75, 3.05) is 5.32 Å². The third-order valence-corrected chi connectivity index (χ3v) is 3.15. The lowest BCUT2D eigenvalue weighted by Gasteiger charge is -2.13. The second-order valence-corrected chi connectivity index (χ2v) is 5.11. The topological polar surface area (TPSA) is 55.1 Å². The van der Waals surface area contributed by atoms with Crippen molar-refractivity contribution in [3.8, 4) is 0 Å². The van der Waals surface area contributed by atoms with Crippen LogP contribution in [0.15, 0.2) is 22.7 Å². The highest BCUT2D eigenvalue weighted by atomic mass is 79.9.